The average Bonchev–Trinajstić information content (AvgIpc) is 3.00. The third-order valence-electron chi connectivity index (χ3n) is 4.13. The third kappa shape index (κ3) is 6.04. The van der Waals surface area contributed by atoms with Gasteiger partial charge in [-0.2, -0.15) is 0 Å². The van der Waals surface area contributed by atoms with Crippen LogP contribution in [-0.4, -0.2) is 44.4 Å². The molecule has 2 N–H and O–H groups in total. The number of aliphatic imine (C=N–C) groups is 1. The Bertz CT molecular complexity index is 525. The zero-order chi connectivity index (χ0) is 17.3. The largest absolute Gasteiger partial charge is 0.494 e. The minimum absolute atomic E-state index is 0.103. The van der Waals surface area contributed by atoms with Gasteiger partial charge in [-0.05, 0) is 57.7 Å². The van der Waals surface area contributed by atoms with Crippen LogP contribution >= 0.6 is 0 Å². The van der Waals surface area contributed by atoms with E-state index in [1.54, 1.807) is 0 Å². The standard InChI is InChI=1S/C19H31N3O2/c1-4-20-18(22-15-19(3)11-7-13-24-19)21-12-10-16-8-6-9-17(14-16)23-5-2/h6,8-9,14H,4-5,7,10-13,15H2,1-3H3,(H2,20,21,22). The first-order valence-electron chi connectivity index (χ1n) is 9.03. The lowest BCUT2D eigenvalue weighted by molar-refractivity contribution is 0.0283. The first-order valence-corrected chi connectivity index (χ1v) is 9.03. The molecule has 2 rings (SSSR count). The molecule has 0 amide bonds. The molecule has 5 heteroatoms. The van der Waals surface area contributed by atoms with E-state index in [-0.39, 0.29) is 5.60 Å². The molecule has 0 saturated carbocycles. The fourth-order valence-corrected chi connectivity index (χ4v) is 2.83. The van der Waals surface area contributed by atoms with E-state index in [1.165, 1.54) is 5.56 Å². The van der Waals surface area contributed by atoms with Gasteiger partial charge in [0.25, 0.3) is 0 Å². The SMILES string of the molecule is CCNC(=NCC1(C)CCCO1)NCCc1cccc(OCC)c1. The summed E-state index contributed by atoms with van der Waals surface area (Å²) in [5.41, 5.74) is 1.16. The summed E-state index contributed by atoms with van der Waals surface area (Å²) >= 11 is 0. The second-order valence-electron chi connectivity index (χ2n) is 6.35. The molecule has 1 aliphatic rings. The van der Waals surface area contributed by atoms with Crippen LogP contribution in [0.3, 0.4) is 0 Å². The van der Waals surface area contributed by atoms with Crippen molar-refractivity contribution in [1.82, 2.24) is 10.6 Å². The highest BCUT2D eigenvalue weighted by atomic mass is 16.5. The lowest BCUT2D eigenvalue weighted by atomic mass is 10.0. The molecule has 0 radical (unpaired) electrons. The quantitative estimate of drug-likeness (QED) is 0.567. The molecular weight excluding hydrogens is 302 g/mol. The molecule has 1 fully saturated rings. The summed E-state index contributed by atoms with van der Waals surface area (Å²) in [5.74, 6) is 1.79. The van der Waals surface area contributed by atoms with Gasteiger partial charge < -0.3 is 20.1 Å². The monoisotopic (exact) mass is 333 g/mol. The van der Waals surface area contributed by atoms with Crippen molar-refractivity contribution in [2.24, 2.45) is 4.99 Å². The Morgan fingerprint density at radius 1 is 1.33 bits per heavy atom. The van der Waals surface area contributed by atoms with Crippen LogP contribution in [0, 0.1) is 0 Å². The summed E-state index contributed by atoms with van der Waals surface area (Å²) in [6.45, 7) is 10.2. The van der Waals surface area contributed by atoms with E-state index in [9.17, 15) is 0 Å². The normalized spacial score (nSPS) is 20.9. The fourth-order valence-electron chi connectivity index (χ4n) is 2.83. The van der Waals surface area contributed by atoms with Gasteiger partial charge in [0.1, 0.15) is 5.75 Å². The van der Waals surface area contributed by atoms with Crippen molar-refractivity contribution in [3.8, 4) is 5.75 Å². The Balaban J connectivity index is 1.83. The molecule has 134 valence electrons. The summed E-state index contributed by atoms with van der Waals surface area (Å²) in [7, 11) is 0. The van der Waals surface area contributed by atoms with Gasteiger partial charge in [-0.15, -0.1) is 0 Å². The number of rotatable bonds is 8. The highest BCUT2D eigenvalue weighted by Gasteiger charge is 2.29. The fraction of sp³-hybridized carbons (Fsp3) is 0.632. The van der Waals surface area contributed by atoms with E-state index < -0.39 is 0 Å². The molecule has 1 atom stereocenters. The van der Waals surface area contributed by atoms with E-state index in [0.717, 1.165) is 50.7 Å². The van der Waals surface area contributed by atoms with Crippen molar-refractivity contribution in [3.63, 3.8) is 0 Å². The summed E-state index contributed by atoms with van der Waals surface area (Å²) in [5, 5.41) is 6.70. The summed E-state index contributed by atoms with van der Waals surface area (Å²) < 4.78 is 11.4. The number of nitrogens with zero attached hydrogens (tertiary/aromatic N) is 1. The van der Waals surface area contributed by atoms with Crippen molar-refractivity contribution in [3.05, 3.63) is 29.8 Å². The Kier molecular flexibility index (Phi) is 7.37. The number of benzene rings is 1. The van der Waals surface area contributed by atoms with Crippen molar-refractivity contribution in [2.45, 2.75) is 45.6 Å². The van der Waals surface area contributed by atoms with Crippen molar-refractivity contribution in [2.75, 3.05) is 32.8 Å². The highest BCUT2D eigenvalue weighted by Crippen LogP contribution is 2.24. The molecule has 5 nitrogen and oxygen atoms in total. The van der Waals surface area contributed by atoms with Crippen molar-refractivity contribution in [1.29, 1.82) is 0 Å². The predicted octanol–water partition coefficient (Wildman–Crippen LogP) is 2.75. The second kappa shape index (κ2) is 9.52. The van der Waals surface area contributed by atoms with Crippen LogP contribution in [0.4, 0.5) is 0 Å². The number of hydrogen-bond acceptors (Lipinski definition) is 3. The van der Waals surface area contributed by atoms with Crippen molar-refractivity contribution >= 4 is 5.96 Å². The van der Waals surface area contributed by atoms with E-state index >= 15 is 0 Å². The van der Waals surface area contributed by atoms with Crippen LogP contribution in [0.2, 0.25) is 0 Å². The number of guanidine groups is 1. The molecule has 1 unspecified atom stereocenters. The second-order valence-corrected chi connectivity index (χ2v) is 6.35. The number of hydrogen-bond donors (Lipinski definition) is 2. The third-order valence-corrected chi connectivity index (χ3v) is 4.13. The lowest BCUT2D eigenvalue weighted by Crippen LogP contribution is -2.40. The average molecular weight is 333 g/mol. The predicted molar refractivity (Wildman–Crippen MR) is 98.9 cm³/mol. The molecule has 1 aromatic carbocycles. The number of ether oxygens (including phenoxy) is 2. The zero-order valence-electron chi connectivity index (χ0n) is 15.2. The van der Waals surface area contributed by atoms with Gasteiger partial charge in [-0.1, -0.05) is 12.1 Å². The molecule has 1 saturated heterocycles. The summed E-state index contributed by atoms with van der Waals surface area (Å²) in [4.78, 5) is 4.69. The molecule has 1 aliphatic heterocycles. The van der Waals surface area contributed by atoms with Gasteiger partial charge in [0.15, 0.2) is 5.96 Å². The van der Waals surface area contributed by atoms with E-state index in [2.05, 4.69) is 36.6 Å². The van der Waals surface area contributed by atoms with Gasteiger partial charge >= 0.3 is 0 Å². The van der Waals surface area contributed by atoms with Crippen LogP contribution in [0.15, 0.2) is 29.3 Å². The maximum atomic E-state index is 5.80. The van der Waals surface area contributed by atoms with Gasteiger partial charge in [-0.3, -0.25) is 4.99 Å². The lowest BCUT2D eigenvalue weighted by Gasteiger charge is -2.21. The van der Waals surface area contributed by atoms with Crippen LogP contribution in [-0.2, 0) is 11.2 Å². The van der Waals surface area contributed by atoms with Gasteiger partial charge in [0.2, 0.25) is 0 Å². The highest BCUT2D eigenvalue weighted by molar-refractivity contribution is 5.79. The molecule has 24 heavy (non-hydrogen) atoms. The molecule has 0 aliphatic carbocycles. The maximum Gasteiger partial charge on any atom is 0.191 e. The number of nitrogens with one attached hydrogen (secondary N) is 2. The van der Waals surface area contributed by atoms with Crippen LogP contribution in [0.5, 0.6) is 5.75 Å². The van der Waals surface area contributed by atoms with E-state index in [0.29, 0.717) is 13.2 Å². The Morgan fingerprint density at radius 3 is 2.92 bits per heavy atom. The maximum absolute atomic E-state index is 5.80. The Morgan fingerprint density at radius 2 is 2.21 bits per heavy atom. The molecule has 0 aromatic heterocycles. The molecule has 1 heterocycles. The molecule has 1 aromatic rings. The van der Waals surface area contributed by atoms with Crippen LogP contribution < -0.4 is 15.4 Å². The summed E-state index contributed by atoms with van der Waals surface area (Å²) in [6.07, 6.45) is 3.14. The van der Waals surface area contributed by atoms with E-state index in [4.69, 9.17) is 14.5 Å². The first kappa shape index (κ1) is 18.6. The van der Waals surface area contributed by atoms with Gasteiger partial charge in [0, 0.05) is 19.7 Å². The van der Waals surface area contributed by atoms with Gasteiger partial charge in [-0.25, -0.2) is 0 Å². The molecule has 0 spiro atoms. The zero-order valence-corrected chi connectivity index (χ0v) is 15.2. The van der Waals surface area contributed by atoms with E-state index in [1.807, 2.05) is 19.1 Å². The molecular formula is C19H31N3O2. The Hall–Kier alpha value is -1.75. The van der Waals surface area contributed by atoms with Gasteiger partial charge in [0.05, 0.1) is 18.8 Å². The topological polar surface area (TPSA) is 54.9 Å². The van der Waals surface area contributed by atoms with Crippen LogP contribution in [0.1, 0.15) is 39.2 Å². The Labute approximate surface area is 145 Å². The first-order chi connectivity index (χ1) is 11.6. The smallest absolute Gasteiger partial charge is 0.191 e. The minimum atomic E-state index is -0.103. The minimum Gasteiger partial charge on any atom is -0.494 e. The molecule has 0 bridgehead atoms. The van der Waals surface area contributed by atoms with Crippen LogP contribution in [0.25, 0.3) is 0 Å². The summed E-state index contributed by atoms with van der Waals surface area (Å²) in [6, 6.07) is 8.26. The van der Waals surface area contributed by atoms with Crippen molar-refractivity contribution < 1.29 is 9.47 Å².